The lowest BCUT2D eigenvalue weighted by Gasteiger charge is -2.09. The summed E-state index contributed by atoms with van der Waals surface area (Å²) in [5.41, 5.74) is 3.91. The molecule has 0 aliphatic heterocycles. The van der Waals surface area contributed by atoms with Crippen LogP contribution in [-0.2, 0) is 7.05 Å². The second-order valence-electron chi connectivity index (χ2n) is 4.23. The summed E-state index contributed by atoms with van der Waals surface area (Å²) in [6.45, 7) is 6.26. The maximum atomic E-state index is 11.4. The smallest absolute Gasteiger partial charge is 0.407 e. The highest BCUT2D eigenvalue weighted by Crippen LogP contribution is 2.27. The Labute approximate surface area is 88.3 Å². The fraction of sp³-hybridized carbons (Fsp3) is 0.417. The van der Waals surface area contributed by atoms with Gasteiger partial charge in [-0.15, -0.1) is 0 Å². The molecule has 0 bridgehead atoms. The van der Waals surface area contributed by atoms with E-state index in [2.05, 4.69) is 13.8 Å². The second-order valence-corrected chi connectivity index (χ2v) is 4.23. The molecular weight excluding hydrogens is 190 g/mol. The number of aromatic nitrogens is 1. The molecule has 0 spiro atoms. The molecule has 1 heterocycles. The van der Waals surface area contributed by atoms with Crippen LogP contribution < -0.4 is 5.76 Å². The number of benzene rings is 1. The Morgan fingerprint density at radius 2 is 2.00 bits per heavy atom. The van der Waals surface area contributed by atoms with Crippen LogP contribution in [0.1, 0.15) is 30.9 Å². The van der Waals surface area contributed by atoms with E-state index in [1.807, 2.05) is 19.1 Å². The molecular formula is C12H15NO2. The average molecular weight is 205 g/mol. The van der Waals surface area contributed by atoms with Crippen molar-refractivity contribution in [2.45, 2.75) is 26.7 Å². The van der Waals surface area contributed by atoms with Gasteiger partial charge in [0.05, 0.1) is 5.52 Å². The first-order valence-electron chi connectivity index (χ1n) is 5.11. The van der Waals surface area contributed by atoms with E-state index < -0.39 is 0 Å². The van der Waals surface area contributed by atoms with E-state index in [1.54, 1.807) is 11.6 Å². The van der Waals surface area contributed by atoms with E-state index in [4.69, 9.17) is 4.42 Å². The fourth-order valence-corrected chi connectivity index (χ4v) is 2.03. The Hall–Kier alpha value is -1.51. The maximum absolute atomic E-state index is 11.4. The largest absolute Gasteiger partial charge is 0.419 e. The van der Waals surface area contributed by atoms with Crippen LogP contribution in [0.3, 0.4) is 0 Å². The molecule has 0 aliphatic rings. The molecule has 0 atom stereocenters. The lowest BCUT2D eigenvalue weighted by atomic mass is 9.97. The van der Waals surface area contributed by atoms with Gasteiger partial charge in [-0.05, 0) is 24.5 Å². The minimum absolute atomic E-state index is 0.294. The summed E-state index contributed by atoms with van der Waals surface area (Å²) in [5, 5.41) is 0. The van der Waals surface area contributed by atoms with Crippen molar-refractivity contribution in [2.24, 2.45) is 7.05 Å². The van der Waals surface area contributed by atoms with Gasteiger partial charge in [-0.25, -0.2) is 4.79 Å². The van der Waals surface area contributed by atoms with Gasteiger partial charge >= 0.3 is 5.76 Å². The van der Waals surface area contributed by atoms with Crippen molar-refractivity contribution in [3.05, 3.63) is 33.8 Å². The van der Waals surface area contributed by atoms with Gasteiger partial charge in [0.25, 0.3) is 0 Å². The van der Waals surface area contributed by atoms with E-state index in [9.17, 15) is 4.79 Å². The van der Waals surface area contributed by atoms with Crippen LogP contribution in [0, 0.1) is 6.92 Å². The van der Waals surface area contributed by atoms with Crippen molar-refractivity contribution in [3.63, 3.8) is 0 Å². The summed E-state index contributed by atoms with van der Waals surface area (Å²) >= 11 is 0. The third kappa shape index (κ3) is 1.39. The molecule has 3 nitrogen and oxygen atoms in total. The van der Waals surface area contributed by atoms with E-state index >= 15 is 0 Å². The molecule has 80 valence electrons. The van der Waals surface area contributed by atoms with E-state index in [-0.39, 0.29) is 5.76 Å². The van der Waals surface area contributed by atoms with Crippen molar-refractivity contribution in [2.75, 3.05) is 0 Å². The zero-order valence-corrected chi connectivity index (χ0v) is 9.50. The van der Waals surface area contributed by atoms with Crippen molar-refractivity contribution >= 4 is 11.1 Å². The molecule has 0 N–H and O–H groups in total. The molecule has 2 rings (SSSR count). The molecule has 3 heteroatoms. The lowest BCUT2D eigenvalue weighted by molar-refractivity contribution is 0.523. The topological polar surface area (TPSA) is 35.1 Å². The molecule has 0 fully saturated rings. The summed E-state index contributed by atoms with van der Waals surface area (Å²) in [6, 6.07) is 3.97. The molecule has 2 aromatic rings. The summed E-state index contributed by atoms with van der Waals surface area (Å²) in [7, 11) is 1.73. The molecule has 0 saturated carbocycles. The number of nitrogens with zero attached hydrogens (tertiary/aromatic N) is 1. The van der Waals surface area contributed by atoms with Gasteiger partial charge in [0.15, 0.2) is 5.58 Å². The minimum atomic E-state index is -0.294. The number of hydrogen-bond acceptors (Lipinski definition) is 2. The van der Waals surface area contributed by atoms with Gasteiger partial charge in [0, 0.05) is 12.6 Å². The van der Waals surface area contributed by atoms with Gasteiger partial charge in [0.1, 0.15) is 0 Å². The first-order valence-corrected chi connectivity index (χ1v) is 5.11. The summed E-state index contributed by atoms with van der Waals surface area (Å²) < 4.78 is 6.82. The van der Waals surface area contributed by atoms with Crippen molar-refractivity contribution < 1.29 is 4.42 Å². The van der Waals surface area contributed by atoms with Gasteiger partial charge in [-0.1, -0.05) is 19.9 Å². The third-order valence-corrected chi connectivity index (χ3v) is 2.80. The number of rotatable bonds is 1. The molecule has 0 aliphatic carbocycles. The number of hydrogen-bond donors (Lipinski definition) is 0. The standard InChI is InChI=1S/C12H15NO2/c1-7(2)10-8(3)5-6-9-11(10)15-12(14)13(9)4/h5-7H,1-4H3. The number of aryl methyl sites for hydroxylation is 2. The molecule has 0 unspecified atom stereocenters. The fourth-order valence-electron chi connectivity index (χ4n) is 2.03. The number of fused-ring (bicyclic) bond motifs is 1. The Kier molecular flexibility index (Phi) is 2.18. The predicted octanol–water partition coefficient (Wildman–Crippen LogP) is 2.56. The van der Waals surface area contributed by atoms with Crippen molar-refractivity contribution in [1.82, 2.24) is 4.57 Å². The molecule has 0 radical (unpaired) electrons. The van der Waals surface area contributed by atoms with Crippen LogP contribution in [0.4, 0.5) is 0 Å². The summed E-state index contributed by atoms with van der Waals surface area (Å²) in [6.07, 6.45) is 0. The molecule has 0 amide bonds. The average Bonchev–Trinajstić information content (AvgIpc) is 2.42. The Morgan fingerprint density at radius 1 is 1.33 bits per heavy atom. The zero-order chi connectivity index (χ0) is 11.2. The van der Waals surface area contributed by atoms with Gasteiger partial charge in [0.2, 0.25) is 0 Å². The minimum Gasteiger partial charge on any atom is -0.407 e. The zero-order valence-electron chi connectivity index (χ0n) is 9.50. The van der Waals surface area contributed by atoms with Gasteiger partial charge in [-0.3, -0.25) is 4.57 Å². The molecule has 0 saturated heterocycles. The normalized spacial score (nSPS) is 11.5. The number of oxazole rings is 1. The Bertz CT molecular complexity index is 561. The highest BCUT2D eigenvalue weighted by molar-refractivity contribution is 5.78. The van der Waals surface area contributed by atoms with Crippen LogP contribution in [0.2, 0.25) is 0 Å². The predicted molar refractivity (Wildman–Crippen MR) is 60.3 cm³/mol. The van der Waals surface area contributed by atoms with Crippen molar-refractivity contribution in [1.29, 1.82) is 0 Å². The van der Waals surface area contributed by atoms with E-state index in [0.717, 1.165) is 16.7 Å². The van der Waals surface area contributed by atoms with Gasteiger partial charge < -0.3 is 4.42 Å². The van der Waals surface area contributed by atoms with Crippen LogP contribution in [0.5, 0.6) is 0 Å². The molecule has 1 aromatic carbocycles. The first kappa shape index (κ1) is 10.0. The SMILES string of the molecule is Cc1ccc2c(oc(=O)n2C)c1C(C)C. The quantitative estimate of drug-likeness (QED) is 0.717. The maximum Gasteiger partial charge on any atom is 0.419 e. The lowest BCUT2D eigenvalue weighted by Crippen LogP contribution is -2.08. The molecule has 1 aromatic heterocycles. The van der Waals surface area contributed by atoms with Crippen LogP contribution in [0.25, 0.3) is 11.1 Å². The summed E-state index contributed by atoms with van der Waals surface area (Å²) in [5.74, 6) is 0.0664. The van der Waals surface area contributed by atoms with E-state index in [1.165, 1.54) is 5.56 Å². The van der Waals surface area contributed by atoms with Crippen LogP contribution in [0.15, 0.2) is 21.3 Å². The summed E-state index contributed by atoms with van der Waals surface area (Å²) in [4.78, 5) is 11.4. The second kappa shape index (κ2) is 3.26. The van der Waals surface area contributed by atoms with Crippen LogP contribution in [-0.4, -0.2) is 4.57 Å². The van der Waals surface area contributed by atoms with Crippen molar-refractivity contribution in [3.8, 4) is 0 Å². The first-order chi connectivity index (χ1) is 7.02. The van der Waals surface area contributed by atoms with E-state index in [0.29, 0.717) is 5.92 Å². The highest BCUT2D eigenvalue weighted by atomic mass is 16.4. The Morgan fingerprint density at radius 3 is 2.60 bits per heavy atom. The van der Waals surface area contributed by atoms with Gasteiger partial charge in [-0.2, -0.15) is 0 Å². The third-order valence-electron chi connectivity index (χ3n) is 2.80. The highest BCUT2D eigenvalue weighted by Gasteiger charge is 2.14. The monoisotopic (exact) mass is 205 g/mol. The van der Waals surface area contributed by atoms with Crippen LogP contribution >= 0.6 is 0 Å². The Balaban J connectivity index is 2.94. The molecule has 15 heavy (non-hydrogen) atoms.